The van der Waals surface area contributed by atoms with Crippen LogP contribution < -0.4 is 5.32 Å². The molecular weight excluding hydrogens is 382 g/mol. The van der Waals surface area contributed by atoms with Gasteiger partial charge in [-0.1, -0.05) is 17.7 Å². The van der Waals surface area contributed by atoms with Crippen molar-refractivity contribution in [3.8, 4) is 0 Å². The standard InChI is InChI=1S/C19H21N3O5S/c1-14-4-10-18(11-5-14)28(26,27)21-12-2-3-17(21)13-20-19(23)15-6-8-16(9-7-15)22(24)25/h4-11,17H,2-3,12-13H2,1H3,(H,20,23)/t17-/m0/s1. The van der Waals surface area contributed by atoms with E-state index in [1.807, 2.05) is 6.92 Å². The first-order chi connectivity index (χ1) is 13.3. The smallest absolute Gasteiger partial charge is 0.269 e. The van der Waals surface area contributed by atoms with E-state index in [1.165, 1.54) is 28.6 Å². The van der Waals surface area contributed by atoms with Gasteiger partial charge in [-0.2, -0.15) is 4.31 Å². The van der Waals surface area contributed by atoms with Crippen LogP contribution in [0.2, 0.25) is 0 Å². The van der Waals surface area contributed by atoms with Crippen molar-refractivity contribution in [2.24, 2.45) is 0 Å². The Morgan fingerprint density at radius 2 is 1.82 bits per heavy atom. The summed E-state index contributed by atoms with van der Waals surface area (Å²) in [5.74, 6) is -0.394. The zero-order chi connectivity index (χ0) is 20.3. The van der Waals surface area contributed by atoms with E-state index in [9.17, 15) is 23.3 Å². The monoisotopic (exact) mass is 403 g/mol. The van der Waals surface area contributed by atoms with Crippen LogP contribution in [-0.2, 0) is 10.0 Å². The van der Waals surface area contributed by atoms with E-state index >= 15 is 0 Å². The second kappa shape index (κ2) is 8.07. The Balaban J connectivity index is 1.67. The predicted molar refractivity (Wildman–Crippen MR) is 104 cm³/mol. The first-order valence-corrected chi connectivity index (χ1v) is 10.3. The summed E-state index contributed by atoms with van der Waals surface area (Å²) in [6, 6.07) is 11.7. The Labute approximate surface area is 163 Å². The van der Waals surface area contributed by atoms with Crippen molar-refractivity contribution in [1.29, 1.82) is 0 Å². The van der Waals surface area contributed by atoms with E-state index in [0.29, 0.717) is 13.0 Å². The molecule has 148 valence electrons. The Hall–Kier alpha value is -2.78. The van der Waals surface area contributed by atoms with Gasteiger partial charge in [0, 0.05) is 36.8 Å². The highest BCUT2D eigenvalue weighted by Crippen LogP contribution is 2.26. The fourth-order valence-electron chi connectivity index (χ4n) is 3.22. The number of non-ortho nitro benzene ring substituents is 1. The van der Waals surface area contributed by atoms with Gasteiger partial charge in [0.1, 0.15) is 0 Å². The number of aryl methyl sites for hydroxylation is 1. The van der Waals surface area contributed by atoms with Crippen molar-refractivity contribution < 1.29 is 18.1 Å². The lowest BCUT2D eigenvalue weighted by atomic mass is 10.2. The number of sulfonamides is 1. The van der Waals surface area contributed by atoms with Crippen molar-refractivity contribution in [2.45, 2.75) is 30.7 Å². The molecule has 1 saturated heterocycles. The van der Waals surface area contributed by atoms with Gasteiger partial charge < -0.3 is 5.32 Å². The molecule has 0 aliphatic carbocycles. The molecule has 28 heavy (non-hydrogen) atoms. The molecule has 0 aromatic heterocycles. The predicted octanol–water partition coefficient (Wildman–Crippen LogP) is 2.49. The van der Waals surface area contributed by atoms with Crippen LogP contribution in [0.25, 0.3) is 0 Å². The van der Waals surface area contributed by atoms with Gasteiger partial charge in [0.15, 0.2) is 0 Å². The number of nitrogens with one attached hydrogen (secondary N) is 1. The van der Waals surface area contributed by atoms with Gasteiger partial charge in [0.2, 0.25) is 10.0 Å². The van der Waals surface area contributed by atoms with E-state index in [2.05, 4.69) is 5.32 Å². The average molecular weight is 403 g/mol. The van der Waals surface area contributed by atoms with Gasteiger partial charge in [0.25, 0.3) is 11.6 Å². The van der Waals surface area contributed by atoms with Crippen molar-refractivity contribution in [1.82, 2.24) is 9.62 Å². The molecule has 1 aliphatic heterocycles. The van der Waals surface area contributed by atoms with Crippen LogP contribution in [-0.4, -0.2) is 42.7 Å². The Bertz CT molecular complexity index is 972. The van der Waals surface area contributed by atoms with Crippen LogP contribution in [0.15, 0.2) is 53.4 Å². The second-order valence-electron chi connectivity index (χ2n) is 6.74. The Morgan fingerprint density at radius 1 is 1.18 bits per heavy atom. The number of amides is 1. The van der Waals surface area contributed by atoms with Crippen molar-refractivity contribution in [2.75, 3.05) is 13.1 Å². The minimum atomic E-state index is -3.63. The Morgan fingerprint density at radius 3 is 2.43 bits per heavy atom. The van der Waals surface area contributed by atoms with Gasteiger partial charge in [-0.05, 0) is 44.0 Å². The van der Waals surface area contributed by atoms with E-state index in [-0.39, 0.29) is 28.7 Å². The van der Waals surface area contributed by atoms with Crippen molar-refractivity contribution >= 4 is 21.6 Å². The first-order valence-electron chi connectivity index (χ1n) is 8.90. The first kappa shape index (κ1) is 20.0. The molecule has 1 atom stereocenters. The minimum Gasteiger partial charge on any atom is -0.350 e. The summed E-state index contributed by atoms with van der Waals surface area (Å²) >= 11 is 0. The second-order valence-corrected chi connectivity index (χ2v) is 8.63. The van der Waals surface area contributed by atoms with Crippen LogP contribution in [0, 0.1) is 17.0 Å². The number of carbonyl (C=O) groups is 1. The zero-order valence-corrected chi connectivity index (χ0v) is 16.2. The third kappa shape index (κ3) is 4.20. The summed E-state index contributed by atoms with van der Waals surface area (Å²) in [5.41, 5.74) is 1.17. The molecule has 1 fully saturated rings. The van der Waals surface area contributed by atoms with Gasteiger partial charge in [-0.3, -0.25) is 14.9 Å². The molecule has 1 amide bonds. The summed E-state index contributed by atoms with van der Waals surface area (Å²) in [6.45, 7) is 2.48. The molecule has 0 spiro atoms. The third-order valence-electron chi connectivity index (χ3n) is 4.79. The van der Waals surface area contributed by atoms with Gasteiger partial charge in [-0.15, -0.1) is 0 Å². The molecule has 0 bridgehead atoms. The van der Waals surface area contributed by atoms with E-state index < -0.39 is 20.9 Å². The number of carbonyl (C=O) groups excluding carboxylic acids is 1. The maximum atomic E-state index is 12.9. The number of nitrogens with zero attached hydrogens (tertiary/aromatic N) is 2. The molecule has 1 heterocycles. The molecule has 0 radical (unpaired) electrons. The lowest BCUT2D eigenvalue weighted by molar-refractivity contribution is -0.384. The summed E-state index contributed by atoms with van der Waals surface area (Å²) in [7, 11) is -3.63. The Kier molecular flexibility index (Phi) is 5.76. The molecular formula is C19H21N3O5S. The van der Waals surface area contributed by atoms with Crippen LogP contribution in [0.4, 0.5) is 5.69 Å². The summed E-state index contributed by atoms with van der Waals surface area (Å²) in [5, 5.41) is 13.4. The molecule has 8 nitrogen and oxygen atoms in total. The van der Waals surface area contributed by atoms with E-state index in [0.717, 1.165) is 12.0 Å². The third-order valence-corrected chi connectivity index (χ3v) is 6.76. The molecule has 9 heteroatoms. The highest BCUT2D eigenvalue weighted by Gasteiger charge is 2.35. The summed E-state index contributed by atoms with van der Waals surface area (Å²) in [4.78, 5) is 22.7. The van der Waals surface area contributed by atoms with E-state index in [4.69, 9.17) is 0 Å². The molecule has 2 aromatic rings. The number of nitro benzene ring substituents is 1. The number of hydrogen-bond donors (Lipinski definition) is 1. The van der Waals surface area contributed by atoms with Crippen molar-refractivity contribution in [3.05, 3.63) is 69.8 Å². The quantitative estimate of drug-likeness (QED) is 0.589. The summed E-state index contributed by atoms with van der Waals surface area (Å²) < 4.78 is 27.3. The number of benzene rings is 2. The zero-order valence-electron chi connectivity index (χ0n) is 15.4. The topological polar surface area (TPSA) is 110 Å². The number of nitro groups is 1. The van der Waals surface area contributed by atoms with Crippen LogP contribution in [0.3, 0.4) is 0 Å². The lowest BCUT2D eigenvalue weighted by Crippen LogP contribution is -2.43. The minimum absolute atomic E-state index is 0.0947. The fourth-order valence-corrected chi connectivity index (χ4v) is 4.92. The number of hydrogen-bond acceptors (Lipinski definition) is 5. The number of rotatable bonds is 6. The van der Waals surface area contributed by atoms with Crippen LogP contribution in [0.5, 0.6) is 0 Å². The largest absolute Gasteiger partial charge is 0.350 e. The lowest BCUT2D eigenvalue weighted by Gasteiger charge is -2.24. The van der Waals surface area contributed by atoms with E-state index in [1.54, 1.807) is 24.3 Å². The van der Waals surface area contributed by atoms with Crippen LogP contribution in [0.1, 0.15) is 28.8 Å². The highest BCUT2D eigenvalue weighted by molar-refractivity contribution is 7.89. The van der Waals surface area contributed by atoms with Gasteiger partial charge in [0.05, 0.1) is 9.82 Å². The average Bonchev–Trinajstić information content (AvgIpc) is 3.16. The van der Waals surface area contributed by atoms with Crippen molar-refractivity contribution in [3.63, 3.8) is 0 Å². The fraction of sp³-hybridized carbons (Fsp3) is 0.316. The van der Waals surface area contributed by atoms with Crippen LogP contribution >= 0.6 is 0 Å². The molecule has 1 aliphatic rings. The SMILES string of the molecule is Cc1ccc(S(=O)(=O)N2CCC[C@H]2CNC(=O)c2ccc([N+](=O)[O-])cc2)cc1. The normalized spacial score (nSPS) is 17.4. The molecule has 0 unspecified atom stereocenters. The molecule has 1 N–H and O–H groups in total. The maximum absolute atomic E-state index is 12.9. The maximum Gasteiger partial charge on any atom is 0.269 e. The molecule has 3 rings (SSSR count). The highest BCUT2D eigenvalue weighted by atomic mass is 32.2. The van der Waals surface area contributed by atoms with Gasteiger partial charge >= 0.3 is 0 Å². The molecule has 0 saturated carbocycles. The van der Waals surface area contributed by atoms with Gasteiger partial charge in [-0.25, -0.2) is 8.42 Å². The molecule has 2 aromatic carbocycles. The summed E-state index contributed by atoms with van der Waals surface area (Å²) in [6.07, 6.45) is 1.38.